The van der Waals surface area contributed by atoms with Crippen molar-refractivity contribution >= 4 is 0 Å². The van der Waals surface area contributed by atoms with Gasteiger partial charge in [-0.2, -0.15) is 0 Å². The van der Waals surface area contributed by atoms with E-state index in [0.29, 0.717) is 12.1 Å². The van der Waals surface area contributed by atoms with Gasteiger partial charge in [0.1, 0.15) is 5.82 Å². The zero-order valence-corrected chi connectivity index (χ0v) is 11.1. The first kappa shape index (κ1) is 15.1. The van der Waals surface area contributed by atoms with Gasteiger partial charge in [0.15, 0.2) is 0 Å². The number of hydrogen-bond acceptors (Lipinski definition) is 3. The number of hydrogen-bond donors (Lipinski definition) is 3. The molecular formula is C14H23FN2O. The molecule has 102 valence electrons. The molecule has 0 saturated carbocycles. The molecule has 1 aromatic rings. The predicted octanol–water partition coefficient (Wildman–Crippen LogP) is 1.88. The van der Waals surface area contributed by atoms with Crippen molar-refractivity contribution in [3.63, 3.8) is 0 Å². The number of benzene rings is 1. The van der Waals surface area contributed by atoms with Crippen LogP contribution in [-0.2, 0) is 0 Å². The highest BCUT2D eigenvalue weighted by Gasteiger charge is 2.13. The summed E-state index contributed by atoms with van der Waals surface area (Å²) in [6, 6.07) is 5.38. The minimum absolute atomic E-state index is 0.0259. The molecule has 0 aliphatic rings. The van der Waals surface area contributed by atoms with Crippen LogP contribution < -0.4 is 11.1 Å². The van der Waals surface area contributed by atoms with E-state index in [1.54, 1.807) is 13.0 Å². The van der Waals surface area contributed by atoms with Gasteiger partial charge in [-0.3, -0.25) is 0 Å². The fourth-order valence-corrected chi connectivity index (χ4v) is 2.01. The number of nitrogens with two attached hydrogens (primary N) is 1. The summed E-state index contributed by atoms with van der Waals surface area (Å²) in [6.07, 6.45) is 1.67. The Bertz CT molecular complexity index is 371. The molecule has 0 radical (unpaired) electrons. The molecule has 0 saturated heterocycles. The van der Waals surface area contributed by atoms with Crippen molar-refractivity contribution in [3.05, 3.63) is 35.1 Å². The third kappa shape index (κ3) is 4.37. The van der Waals surface area contributed by atoms with Gasteiger partial charge in [-0.25, -0.2) is 4.39 Å². The summed E-state index contributed by atoms with van der Waals surface area (Å²) in [5.74, 6) is -0.192. The Morgan fingerprint density at radius 1 is 1.44 bits per heavy atom. The molecule has 1 rings (SSSR count). The second-order valence-corrected chi connectivity index (χ2v) is 4.73. The maximum absolute atomic E-state index is 13.2. The molecule has 0 bridgehead atoms. The lowest BCUT2D eigenvalue weighted by Gasteiger charge is -2.23. The highest BCUT2D eigenvalue weighted by molar-refractivity contribution is 5.26. The average molecular weight is 254 g/mol. The number of rotatable bonds is 7. The normalized spacial score (nSPS) is 14.5. The lowest BCUT2D eigenvalue weighted by atomic mass is 10.0. The van der Waals surface area contributed by atoms with Gasteiger partial charge in [0.25, 0.3) is 0 Å². The highest BCUT2D eigenvalue weighted by atomic mass is 19.1. The van der Waals surface area contributed by atoms with Gasteiger partial charge in [0, 0.05) is 25.2 Å². The minimum atomic E-state index is -0.192. The number of nitrogens with one attached hydrogen (secondary N) is 1. The first-order valence-electron chi connectivity index (χ1n) is 6.41. The zero-order chi connectivity index (χ0) is 13.5. The lowest BCUT2D eigenvalue weighted by molar-refractivity contribution is 0.274. The standard InChI is InChI=1S/C14H23FN2O/c1-10-8-12(5-6-13(10)15)14(9-16)17-11(2)4-3-7-18/h5-6,8,11,14,17-18H,3-4,7,9,16H2,1-2H3. The summed E-state index contributed by atoms with van der Waals surface area (Å²) in [7, 11) is 0. The van der Waals surface area contributed by atoms with Crippen LogP contribution >= 0.6 is 0 Å². The molecule has 18 heavy (non-hydrogen) atoms. The fourth-order valence-electron chi connectivity index (χ4n) is 2.01. The molecule has 0 aliphatic carbocycles. The molecule has 3 nitrogen and oxygen atoms in total. The summed E-state index contributed by atoms with van der Waals surface area (Å²) in [5.41, 5.74) is 7.41. The van der Waals surface area contributed by atoms with Crippen LogP contribution in [0.5, 0.6) is 0 Å². The van der Waals surface area contributed by atoms with E-state index in [2.05, 4.69) is 12.2 Å². The number of aliphatic hydroxyl groups is 1. The maximum atomic E-state index is 13.2. The quantitative estimate of drug-likeness (QED) is 0.696. The van der Waals surface area contributed by atoms with Crippen molar-refractivity contribution in [1.82, 2.24) is 5.32 Å². The molecule has 0 heterocycles. The van der Waals surface area contributed by atoms with E-state index in [1.165, 1.54) is 6.07 Å². The SMILES string of the molecule is Cc1cc(C(CN)NC(C)CCCO)ccc1F. The monoisotopic (exact) mass is 254 g/mol. The van der Waals surface area contributed by atoms with E-state index in [-0.39, 0.29) is 24.5 Å². The van der Waals surface area contributed by atoms with Crippen LogP contribution in [0.2, 0.25) is 0 Å². The molecule has 0 aliphatic heterocycles. The summed E-state index contributed by atoms with van der Waals surface area (Å²) in [5, 5.41) is 12.2. The Kier molecular flexibility index (Phi) is 6.25. The van der Waals surface area contributed by atoms with E-state index in [0.717, 1.165) is 18.4 Å². The molecule has 1 aromatic carbocycles. The summed E-state index contributed by atoms with van der Waals surface area (Å²) >= 11 is 0. The van der Waals surface area contributed by atoms with E-state index in [4.69, 9.17) is 10.8 Å². The minimum Gasteiger partial charge on any atom is -0.396 e. The maximum Gasteiger partial charge on any atom is 0.126 e. The van der Waals surface area contributed by atoms with Crippen molar-refractivity contribution in [2.45, 2.75) is 38.8 Å². The van der Waals surface area contributed by atoms with Gasteiger partial charge >= 0.3 is 0 Å². The fraction of sp³-hybridized carbons (Fsp3) is 0.571. The molecule has 4 N–H and O–H groups in total. The van der Waals surface area contributed by atoms with Gasteiger partial charge < -0.3 is 16.2 Å². The Labute approximate surface area is 108 Å². The summed E-state index contributed by atoms with van der Waals surface area (Å²) in [6.45, 7) is 4.49. The molecule has 4 heteroatoms. The van der Waals surface area contributed by atoms with Crippen LogP contribution in [0.1, 0.15) is 36.9 Å². The van der Waals surface area contributed by atoms with Gasteiger partial charge in [-0.15, -0.1) is 0 Å². The zero-order valence-electron chi connectivity index (χ0n) is 11.1. The van der Waals surface area contributed by atoms with Crippen molar-refractivity contribution in [2.75, 3.05) is 13.2 Å². The Morgan fingerprint density at radius 3 is 2.72 bits per heavy atom. The topological polar surface area (TPSA) is 58.3 Å². The van der Waals surface area contributed by atoms with E-state index in [1.807, 2.05) is 6.07 Å². The van der Waals surface area contributed by atoms with Crippen molar-refractivity contribution in [3.8, 4) is 0 Å². The van der Waals surface area contributed by atoms with Crippen molar-refractivity contribution in [1.29, 1.82) is 0 Å². The predicted molar refractivity (Wildman–Crippen MR) is 71.8 cm³/mol. The Morgan fingerprint density at radius 2 is 2.17 bits per heavy atom. The highest BCUT2D eigenvalue weighted by Crippen LogP contribution is 2.17. The lowest BCUT2D eigenvalue weighted by Crippen LogP contribution is -2.35. The van der Waals surface area contributed by atoms with Gasteiger partial charge in [-0.05, 0) is 43.9 Å². The summed E-state index contributed by atoms with van der Waals surface area (Å²) < 4.78 is 13.2. The number of halogens is 1. The van der Waals surface area contributed by atoms with Crippen LogP contribution in [0.4, 0.5) is 4.39 Å². The van der Waals surface area contributed by atoms with E-state index < -0.39 is 0 Å². The first-order valence-corrected chi connectivity index (χ1v) is 6.41. The average Bonchev–Trinajstić information content (AvgIpc) is 2.37. The van der Waals surface area contributed by atoms with Gasteiger partial charge in [-0.1, -0.05) is 12.1 Å². The number of aryl methyl sites for hydroxylation is 1. The molecule has 0 amide bonds. The third-order valence-corrected chi connectivity index (χ3v) is 3.10. The van der Waals surface area contributed by atoms with Crippen molar-refractivity contribution in [2.24, 2.45) is 5.73 Å². The smallest absolute Gasteiger partial charge is 0.126 e. The largest absolute Gasteiger partial charge is 0.396 e. The van der Waals surface area contributed by atoms with E-state index >= 15 is 0 Å². The van der Waals surface area contributed by atoms with E-state index in [9.17, 15) is 4.39 Å². The molecular weight excluding hydrogens is 231 g/mol. The first-order chi connectivity index (χ1) is 8.58. The van der Waals surface area contributed by atoms with Crippen molar-refractivity contribution < 1.29 is 9.50 Å². The Balaban J connectivity index is 2.67. The van der Waals surface area contributed by atoms with Gasteiger partial charge in [0.2, 0.25) is 0 Å². The van der Waals surface area contributed by atoms with Gasteiger partial charge in [0.05, 0.1) is 0 Å². The van der Waals surface area contributed by atoms with Crippen LogP contribution in [0, 0.1) is 12.7 Å². The number of aliphatic hydroxyl groups excluding tert-OH is 1. The molecule has 0 spiro atoms. The molecule has 0 aromatic heterocycles. The molecule has 2 atom stereocenters. The van der Waals surface area contributed by atoms with Crippen LogP contribution in [0.25, 0.3) is 0 Å². The third-order valence-electron chi connectivity index (χ3n) is 3.10. The second-order valence-electron chi connectivity index (χ2n) is 4.73. The summed E-state index contributed by atoms with van der Waals surface area (Å²) in [4.78, 5) is 0. The van der Waals surface area contributed by atoms with Crippen LogP contribution in [0.15, 0.2) is 18.2 Å². The van der Waals surface area contributed by atoms with Crippen LogP contribution in [0.3, 0.4) is 0 Å². The second kappa shape index (κ2) is 7.46. The van der Waals surface area contributed by atoms with Crippen LogP contribution in [-0.4, -0.2) is 24.3 Å². The Hall–Kier alpha value is -0.970. The molecule has 0 fully saturated rings. The molecule has 2 unspecified atom stereocenters.